The number of aromatic nitrogens is 2. The summed E-state index contributed by atoms with van der Waals surface area (Å²) in [6.07, 6.45) is 0. The summed E-state index contributed by atoms with van der Waals surface area (Å²) in [5, 5.41) is 8.55. The molecule has 0 aliphatic heterocycles. The standard InChI is InChI=1S/C19H15N3OS/c1-13-16-12-17(18(23)20-14-8-4-2-5-9-14)24-19(16)22(21-13)15-10-6-3-7-11-15/h2-12H,1H3,(H,20,23). The second kappa shape index (κ2) is 5.94. The molecule has 1 N–H and O–H groups in total. The van der Waals surface area contributed by atoms with E-state index in [4.69, 9.17) is 0 Å². The monoisotopic (exact) mass is 333 g/mol. The number of nitrogens with one attached hydrogen (secondary N) is 1. The van der Waals surface area contributed by atoms with Crippen molar-refractivity contribution in [1.82, 2.24) is 9.78 Å². The van der Waals surface area contributed by atoms with Crippen LogP contribution in [0.25, 0.3) is 15.9 Å². The van der Waals surface area contributed by atoms with Crippen LogP contribution in [0.4, 0.5) is 5.69 Å². The minimum absolute atomic E-state index is 0.0959. The third-order valence-electron chi connectivity index (χ3n) is 3.80. The van der Waals surface area contributed by atoms with E-state index in [0.29, 0.717) is 4.88 Å². The average Bonchev–Trinajstić information content (AvgIpc) is 3.18. The maximum Gasteiger partial charge on any atom is 0.265 e. The van der Waals surface area contributed by atoms with Gasteiger partial charge < -0.3 is 5.32 Å². The van der Waals surface area contributed by atoms with Gasteiger partial charge in [0.25, 0.3) is 5.91 Å². The molecule has 0 unspecified atom stereocenters. The van der Waals surface area contributed by atoms with Crippen molar-refractivity contribution in [2.75, 3.05) is 5.32 Å². The molecule has 5 heteroatoms. The summed E-state index contributed by atoms with van der Waals surface area (Å²) in [5.74, 6) is -0.0959. The Balaban J connectivity index is 1.72. The molecule has 2 aromatic carbocycles. The van der Waals surface area contributed by atoms with Crippen LogP contribution in [-0.2, 0) is 0 Å². The number of para-hydroxylation sites is 2. The minimum Gasteiger partial charge on any atom is -0.321 e. The van der Waals surface area contributed by atoms with E-state index in [1.807, 2.05) is 78.3 Å². The molecule has 0 fully saturated rings. The zero-order valence-corrected chi connectivity index (χ0v) is 13.9. The van der Waals surface area contributed by atoms with Gasteiger partial charge in [0.05, 0.1) is 16.3 Å². The largest absolute Gasteiger partial charge is 0.321 e. The Kier molecular flexibility index (Phi) is 3.63. The van der Waals surface area contributed by atoms with Crippen molar-refractivity contribution in [1.29, 1.82) is 0 Å². The summed E-state index contributed by atoms with van der Waals surface area (Å²) in [6.45, 7) is 1.97. The van der Waals surface area contributed by atoms with Gasteiger partial charge in [-0.3, -0.25) is 4.79 Å². The van der Waals surface area contributed by atoms with Crippen LogP contribution in [0.1, 0.15) is 15.4 Å². The highest BCUT2D eigenvalue weighted by atomic mass is 32.1. The van der Waals surface area contributed by atoms with Gasteiger partial charge in [0.2, 0.25) is 0 Å². The summed E-state index contributed by atoms with van der Waals surface area (Å²) < 4.78 is 1.90. The lowest BCUT2D eigenvalue weighted by molar-refractivity contribution is 0.103. The zero-order valence-electron chi connectivity index (χ0n) is 13.1. The molecular weight excluding hydrogens is 318 g/mol. The Morgan fingerprint density at radius 2 is 1.71 bits per heavy atom. The predicted octanol–water partition coefficient (Wildman–Crippen LogP) is 4.65. The molecule has 0 radical (unpaired) electrons. The summed E-state index contributed by atoms with van der Waals surface area (Å²) >= 11 is 1.46. The first kappa shape index (κ1) is 14.7. The first-order valence-electron chi connectivity index (χ1n) is 7.63. The van der Waals surface area contributed by atoms with Gasteiger partial charge in [-0.1, -0.05) is 36.4 Å². The van der Waals surface area contributed by atoms with Crippen LogP contribution in [0, 0.1) is 6.92 Å². The molecule has 0 saturated heterocycles. The van der Waals surface area contributed by atoms with Gasteiger partial charge in [-0.05, 0) is 37.3 Å². The van der Waals surface area contributed by atoms with E-state index in [0.717, 1.165) is 27.3 Å². The van der Waals surface area contributed by atoms with Crippen molar-refractivity contribution in [2.24, 2.45) is 0 Å². The molecule has 0 bridgehead atoms. The van der Waals surface area contributed by atoms with E-state index in [1.165, 1.54) is 11.3 Å². The SMILES string of the molecule is Cc1nn(-c2ccccc2)c2sc(C(=O)Nc3ccccc3)cc12. The maximum absolute atomic E-state index is 12.5. The van der Waals surface area contributed by atoms with Crippen LogP contribution < -0.4 is 5.32 Å². The lowest BCUT2D eigenvalue weighted by Crippen LogP contribution is -2.09. The summed E-state index contributed by atoms with van der Waals surface area (Å²) in [6, 6.07) is 21.4. The van der Waals surface area contributed by atoms with Gasteiger partial charge >= 0.3 is 0 Å². The van der Waals surface area contributed by atoms with Crippen molar-refractivity contribution in [3.63, 3.8) is 0 Å². The van der Waals surface area contributed by atoms with Crippen LogP contribution in [-0.4, -0.2) is 15.7 Å². The quantitative estimate of drug-likeness (QED) is 0.593. The molecule has 1 amide bonds. The van der Waals surface area contributed by atoms with Crippen molar-refractivity contribution in [3.8, 4) is 5.69 Å². The van der Waals surface area contributed by atoms with E-state index in [9.17, 15) is 4.79 Å². The molecule has 24 heavy (non-hydrogen) atoms. The Hall–Kier alpha value is -2.92. The smallest absolute Gasteiger partial charge is 0.265 e. The van der Waals surface area contributed by atoms with E-state index < -0.39 is 0 Å². The van der Waals surface area contributed by atoms with Crippen molar-refractivity contribution in [2.45, 2.75) is 6.92 Å². The number of carbonyl (C=O) groups excluding carboxylic acids is 1. The number of hydrogen-bond donors (Lipinski definition) is 1. The molecule has 118 valence electrons. The van der Waals surface area contributed by atoms with Crippen LogP contribution in [0.5, 0.6) is 0 Å². The topological polar surface area (TPSA) is 46.9 Å². The second-order valence-corrected chi connectivity index (χ2v) is 6.51. The van der Waals surface area contributed by atoms with E-state index in [-0.39, 0.29) is 5.91 Å². The van der Waals surface area contributed by atoms with E-state index in [1.54, 1.807) is 0 Å². The maximum atomic E-state index is 12.5. The minimum atomic E-state index is -0.0959. The molecule has 0 atom stereocenters. The fourth-order valence-electron chi connectivity index (χ4n) is 2.62. The Bertz CT molecular complexity index is 1000. The van der Waals surface area contributed by atoms with Crippen LogP contribution in [0.15, 0.2) is 66.7 Å². The number of thiophene rings is 1. The van der Waals surface area contributed by atoms with E-state index >= 15 is 0 Å². The molecule has 4 rings (SSSR count). The summed E-state index contributed by atoms with van der Waals surface area (Å²) in [5.41, 5.74) is 2.71. The number of rotatable bonds is 3. The molecular formula is C19H15N3OS. The fourth-order valence-corrected chi connectivity index (χ4v) is 3.70. The first-order chi connectivity index (χ1) is 11.7. The molecule has 2 aromatic heterocycles. The van der Waals surface area contributed by atoms with Gasteiger partial charge in [-0.25, -0.2) is 4.68 Å². The van der Waals surface area contributed by atoms with Crippen LogP contribution >= 0.6 is 11.3 Å². The van der Waals surface area contributed by atoms with Gasteiger partial charge in [0, 0.05) is 11.1 Å². The number of anilines is 1. The van der Waals surface area contributed by atoms with Gasteiger partial charge in [-0.15, -0.1) is 11.3 Å². The third kappa shape index (κ3) is 2.59. The number of aryl methyl sites for hydroxylation is 1. The van der Waals surface area contributed by atoms with Crippen LogP contribution in [0.2, 0.25) is 0 Å². The number of hydrogen-bond acceptors (Lipinski definition) is 3. The fraction of sp³-hybridized carbons (Fsp3) is 0.0526. The number of benzene rings is 2. The number of carbonyl (C=O) groups is 1. The Morgan fingerprint density at radius 1 is 1.04 bits per heavy atom. The predicted molar refractivity (Wildman–Crippen MR) is 98.1 cm³/mol. The molecule has 0 saturated carbocycles. The number of fused-ring (bicyclic) bond motifs is 1. The summed E-state index contributed by atoms with van der Waals surface area (Å²) in [7, 11) is 0. The normalized spacial score (nSPS) is 10.9. The summed E-state index contributed by atoms with van der Waals surface area (Å²) in [4.78, 5) is 14.2. The molecule has 4 aromatic rings. The van der Waals surface area contributed by atoms with Gasteiger partial charge in [0.1, 0.15) is 4.83 Å². The lowest BCUT2D eigenvalue weighted by atomic mass is 10.3. The Morgan fingerprint density at radius 3 is 2.42 bits per heavy atom. The van der Waals surface area contributed by atoms with Crippen molar-refractivity contribution in [3.05, 3.63) is 77.3 Å². The van der Waals surface area contributed by atoms with Gasteiger partial charge in [-0.2, -0.15) is 5.10 Å². The molecule has 0 aliphatic rings. The second-order valence-electron chi connectivity index (χ2n) is 5.48. The molecule has 2 heterocycles. The highest BCUT2D eigenvalue weighted by Crippen LogP contribution is 2.30. The van der Waals surface area contributed by atoms with Crippen LogP contribution in [0.3, 0.4) is 0 Å². The van der Waals surface area contributed by atoms with E-state index in [2.05, 4.69) is 10.4 Å². The highest BCUT2D eigenvalue weighted by molar-refractivity contribution is 7.20. The van der Waals surface area contributed by atoms with Crippen molar-refractivity contribution < 1.29 is 4.79 Å². The van der Waals surface area contributed by atoms with Crippen molar-refractivity contribution >= 4 is 33.1 Å². The first-order valence-corrected chi connectivity index (χ1v) is 8.45. The Labute approximate surface area is 143 Å². The molecule has 0 aliphatic carbocycles. The average molecular weight is 333 g/mol. The highest BCUT2D eigenvalue weighted by Gasteiger charge is 2.17. The third-order valence-corrected chi connectivity index (χ3v) is 4.91. The number of amides is 1. The lowest BCUT2D eigenvalue weighted by Gasteiger charge is -2.03. The number of nitrogens with zero attached hydrogens (tertiary/aromatic N) is 2. The zero-order chi connectivity index (χ0) is 16.5. The molecule has 0 spiro atoms. The van der Waals surface area contributed by atoms with Gasteiger partial charge in [0.15, 0.2) is 0 Å². The molecule has 4 nitrogen and oxygen atoms in total.